The highest BCUT2D eigenvalue weighted by molar-refractivity contribution is 5.99. The first kappa shape index (κ1) is 20.6. The number of nitrogens with zero attached hydrogens (tertiary/aromatic N) is 5. The van der Waals surface area contributed by atoms with Gasteiger partial charge in [-0.3, -0.25) is 14.1 Å². The Kier molecular flexibility index (Phi) is 5.62. The van der Waals surface area contributed by atoms with Gasteiger partial charge >= 0.3 is 0 Å². The molecule has 3 aromatic heterocycles. The molecule has 0 saturated carbocycles. The third-order valence-electron chi connectivity index (χ3n) is 6.72. The maximum Gasteiger partial charge on any atom is 0.178 e. The summed E-state index contributed by atoms with van der Waals surface area (Å²) in [6.45, 7) is 7.22. The predicted molar refractivity (Wildman–Crippen MR) is 125 cm³/mol. The quantitative estimate of drug-likeness (QED) is 0.432. The fraction of sp³-hybridized carbons (Fsp3) is 0.346. The minimum absolute atomic E-state index is 0.212. The molecule has 1 saturated heterocycles. The zero-order valence-corrected chi connectivity index (χ0v) is 18.7. The monoisotopic (exact) mass is 427 g/mol. The van der Waals surface area contributed by atoms with Crippen LogP contribution < -0.4 is 0 Å². The van der Waals surface area contributed by atoms with Crippen LogP contribution >= 0.6 is 0 Å². The molecule has 0 atom stereocenters. The van der Waals surface area contributed by atoms with E-state index < -0.39 is 0 Å². The van der Waals surface area contributed by atoms with Gasteiger partial charge in [-0.05, 0) is 63.5 Å². The van der Waals surface area contributed by atoms with Crippen LogP contribution in [0.5, 0.6) is 0 Å². The summed E-state index contributed by atoms with van der Waals surface area (Å²) in [5.41, 5.74) is 5.18. The average molecular weight is 428 g/mol. The van der Waals surface area contributed by atoms with Crippen LogP contribution in [0.1, 0.15) is 51.9 Å². The molecule has 6 heteroatoms. The number of aromatic nitrogens is 4. The molecule has 4 heterocycles. The van der Waals surface area contributed by atoms with Gasteiger partial charge in [0, 0.05) is 35.6 Å². The van der Waals surface area contributed by atoms with Crippen LogP contribution in [-0.4, -0.2) is 49.5 Å². The normalized spacial score (nSPS) is 15.4. The number of fused-ring (bicyclic) bond motifs is 1. The second-order valence-corrected chi connectivity index (χ2v) is 8.82. The minimum atomic E-state index is 0.212. The van der Waals surface area contributed by atoms with E-state index in [0.29, 0.717) is 12.5 Å². The highest BCUT2D eigenvalue weighted by Gasteiger charge is 2.26. The highest BCUT2D eigenvalue weighted by Crippen LogP contribution is 2.27. The number of carbonyl (C=O) groups is 1. The molecule has 4 aromatic rings. The number of ketones is 1. The fourth-order valence-electron chi connectivity index (χ4n) is 4.87. The number of piperidine rings is 1. The van der Waals surface area contributed by atoms with Crippen molar-refractivity contribution >= 4 is 11.4 Å². The average Bonchev–Trinajstić information content (AvgIpc) is 3.37. The lowest BCUT2D eigenvalue weighted by Gasteiger charge is -2.30. The van der Waals surface area contributed by atoms with E-state index in [4.69, 9.17) is 0 Å². The number of hydrogen-bond acceptors (Lipinski definition) is 4. The van der Waals surface area contributed by atoms with Crippen molar-refractivity contribution in [1.82, 2.24) is 24.1 Å². The Labute approximate surface area is 188 Å². The molecular formula is C26H29N5O. The zero-order chi connectivity index (χ0) is 22.1. The van der Waals surface area contributed by atoms with E-state index in [0.717, 1.165) is 60.9 Å². The Hall–Kier alpha value is -3.25. The van der Waals surface area contributed by atoms with E-state index in [-0.39, 0.29) is 5.78 Å². The highest BCUT2D eigenvalue weighted by atomic mass is 16.1. The summed E-state index contributed by atoms with van der Waals surface area (Å²) in [4.78, 5) is 15.4. The summed E-state index contributed by atoms with van der Waals surface area (Å²) in [6, 6.07) is 18.4. The lowest BCUT2D eigenvalue weighted by atomic mass is 9.95. The standard InChI is InChI=1S/C26H29N5O/c1-19-16-23(20(2)31(19)17-21-8-4-3-5-9-21)24(32)18-29-14-11-22(12-15-29)26-28-27-25-10-6-7-13-30(25)26/h3-10,13,16,22H,11-12,14-15,17-18H2,1-2H3. The topological polar surface area (TPSA) is 55.4 Å². The lowest BCUT2D eigenvalue weighted by molar-refractivity contribution is 0.0907. The number of rotatable bonds is 6. The van der Waals surface area contributed by atoms with Crippen molar-refractivity contribution in [2.24, 2.45) is 0 Å². The van der Waals surface area contributed by atoms with Gasteiger partial charge < -0.3 is 4.57 Å². The second kappa shape index (κ2) is 8.71. The van der Waals surface area contributed by atoms with Gasteiger partial charge in [0.15, 0.2) is 11.4 Å². The van der Waals surface area contributed by atoms with Crippen LogP contribution in [0.3, 0.4) is 0 Å². The van der Waals surface area contributed by atoms with Crippen molar-refractivity contribution in [2.45, 2.75) is 39.2 Å². The first-order chi connectivity index (χ1) is 15.6. The smallest absolute Gasteiger partial charge is 0.178 e. The Morgan fingerprint density at radius 1 is 1.00 bits per heavy atom. The van der Waals surface area contributed by atoms with Crippen LogP contribution in [0, 0.1) is 13.8 Å². The zero-order valence-electron chi connectivity index (χ0n) is 18.7. The third-order valence-corrected chi connectivity index (χ3v) is 6.72. The lowest BCUT2D eigenvalue weighted by Crippen LogP contribution is -2.37. The molecule has 1 aromatic carbocycles. The maximum atomic E-state index is 13.2. The summed E-state index contributed by atoms with van der Waals surface area (Å²) >= 11 is 0. The van der Waals surface area contributed by atoms with E-state index in [2.05, 4.69) is 68.2 Å². The number of likely N-dealkylation sites (tertiary alicyclic amines) is 1. The Balaban J connectivity index is 1.23. The SMILES string of the molecule is Cc1cc(C(=O)CN2CCC(c3nnc4ccccn34)CC2)c(C)n1Cc1ccccc1. The van der Waals surface area contributed by atoms with Crippen molar-refractivity contribution in [3.63, 3.8) is 0 Å². The Morgan fingerprint density at radius 3 is 2.53 bits per heavy atom. The van der Waals surface area contributed by atoms with E-state index in [1.807, 2.05) is 30.5 Å². The number of Topliss-reactive ketones (excluding diaryl/α,β-unsaturated/α-hetero) is 1. The second-order valence-electron chi connectivity index (χ2n) is 8.82. The summed E-state index contributed by atoms with van der Waals surface area (Å²) in [7, 11) is 0. The first-order valence-electron chi connectivity index (χ1n) is 11.4. The van der Waals surface area contributed by atoms with Gasteiger partial charge in [-0.25, -0.2) is 0 Å². The first-order valence-corrected chi connectivity index (χ1v) is 11.4. The molecule has 0 aliphatic carbocycles. The molecule has 5 rings (SSSR count). The van der Waals surface area contributed by atoms with Crippen LogP contribution in [0.2, 0.25) is 0 Å². The van der Waals surface area contributed by atoms with Crippen molar-refractivity contribution < 1.29 is 4.79 Å². The number of aryl methyl sites for hydroxylation is 1. The number of pyridine rings is 1. The van der Waals surface area contributed by atoms with E-state index in [9.17, 15) is 4.79 Å². The van der Waals surface area contributed by atoms with Crippen molar-refractivity contribution in [3.8, 4) is 0 Å². The van der Waals surface area contributed by atoms with E-state index in [1.54, 1.807) is 0 Å². The minimum Gasteiger partial charge on any atom is -0.344 e. The molecule has 164 valence electrons. The van der Waals surface area contributed by atoms with Crippen LogP contribution in [0.25, 0.3) is 5.65 Å². The summed E-state index contributed by atoms with van der Waals surface area (Å²) < 4.78 is 4.33. The van der Waals surface area contributed by atoms with Crippen LogP contribution in [0.15, 0.2) is 60.8 Å². The number of benzene rings is 1. The van der Waals surface area contributed by atoms with Gasteiger partial charge in [-0.2, -0.15) is 0 Å². The molecular weight excluding hydrogens is 398 g/mol. The van der Waals surface area contributed by atoms with Gasteiger partial charge in [0.1, 0.15) is 5.82 Å². The number of hydrogen-bond donors (Lipinski definition) is 0. The molecule has 1 aliphatic rings. The number of carbonyl (C=O) groups excluding carboxylic acids is 1. The third kappa shape index (κ3) is 3.98. The molecule has 0 bridgehead atoms. The van der Waals surface area contributed by atoms with Gasteiger partial charge in [-0.15, -0.1) is 10.2 Å². The molecule has 1 fully saturated rings. The molecule has 32 heavy (non-hydrogen) atoms. The van der Waals surface area contributed by atoms with Crippen molar-refractivity contribution in [3.05, 3.63) is 89.1 Å². The van der Waals surface area contributed by atoms with E-state index in [1.165, 1.54) is 5.56 Å². The Bertz CT molecular complexity index is 1230. The van der Waals surface area contributed by atoms with Gasteiger partial charge in [-0.1, -0.05) is 36.4 Å². The van der Waals surface area contributed by atoms with Crippen molar-refractivity contribution in [2.75, 3.05) is 19.6 Å². The predicted octanol–water partition coefficient (Wildman–Crippen LogP) is 4.26. The van der Waals surface area contributed by atoms with Gasteiger partial charge in [0.2, 0.25) is 0 Å². The van der Waals surface area contributed by atoms with Crippen LogP contribution in [0.4, 0.5) is 0 Å². The van der Waals surface area contributed by atoms with Gasteiger partial charge in [0.05, 0.1) is 6.54 Å². The summed E-state index contributed by atoms with van der Waals surface area (Å²) in [5, 5.41) is 8.73. The van der Waals surface area contributed by atoms with Crippen LogP contribution in [-0.2, 0) is 6.54 Å². The molecule has 0 radical (unpaired) electrons. The molecule has 0 spiro atoms. The molecule has 0 amide bonds. The molecule has 0 unspecified atom stereocenters. The largest absolute Gasteiger partial charge is 0.344 e. The molecule has 1 aliphatic heterocycles. The maximum absolute atomic E-state index is 13.2. The summed E-state index contributed by atoms with van der Waals surface area (Å²) in [6.07, 6.45) is 4.03. The Morgan fingerprint density at radius 2 is 1.75 bits per heavy atom. The summed E-state index contributed by atoms with van der Waals surface area (Å²) in [5.74, 6) is 1.63. The molecule has 6 nitrogen and oxygen atoms in total. The fourth-order valence-corrected chi connectivity index (χ4v) is 4.87. The molecule has 0 N–H and O–H groups in total. The van der Waals surface area contributed by atoms with Gasteiger partial charge in [0.25, 0.3) is 0 Å². The van der Waals surface area contributed by atoms with Crippen molar-refractivity contribution in [1.29, 1.82) is 0 Å². The van der Waals surface area contributed by atoms with E-state index >= 15 is 0 Å².